The lowest BCUT2D eigenvalue weighted by molar-refractivity contribution is -0.138. The molecule has 0 aromatic carbocycles. The Balaban J connectivity index is 1.20. The van der Waals surface area contributed by atoms with Gasteiger partial charge in [-0.2, -0.15) is 0 Å². The smallest absolute Gasteiger partial charge is 0.229 e. The van der Waals surface area contributed by atoms with Gasteiger partial charge in [0.15, 0.2) is 0 Å². The summed E-state index contributed by atoms with van der Waals surface area (Å²) in [6.45, 7) is 7.88. The van der Waals surface area contributed by atoms with Gasteiger partial charge in [0.1, 0.15) is 0 Å². The Kier molecular flexibility index (Phi) is 5.90. The molecule has 2 saturated heterocycles. The minimum atomic E-state index is -0.139. The van der Waals surface area contributed by atoms with E-state index in [-0.39, 0.29) is 17.4 Å². The van der Waals surface area contributed by atoms with Crippen molar-refractivity contribution in [3.63, 3.8) is 0 Å². The van der Waals surface area contributed by atoms with Gasteiger partial charge in [-0.15, -0.1) is 16.4 Å². The van der Waals surface area contributed by atoms with E-state index in [4.69, 9.17) is 4.74 Å². The molecule has 0 bridgehead atoms. The number of carbonyl (C=O) groups is 2. The van der Waals surface area contributed by atoms with Crippen LogP contribution >= 0.6 is 11.3 Å². The summed E-state index contributed by atoms with van der Waals surface area (Å²) in [5.74, 6) is -0.174. The largest absolute Gasteiger partial charge is 0.370 e. The summed E-state index contributed by atoms with van der Waals surface area (Å²) in [6, 6.07) is 2.77. The Bertz CT molecular complexity index is 1000. The van der Waals surface area contributed by atoms with Crippen molar-refractivity contribution in [3.8, 4) is 0 Å². The average Bonchev–Trinajstić information content (AvgIpc) is 3.49. The highest BCUT2D eigenvalue weighted by atomic mass is 32.1. The second kappa shape index (κ2) is 8.68. The molecular weight excluding hydrogens is 426 g/mol. The van der Waals surface area contributed by atoms with Crippen molar-refractivity contribution in [2.45, 2.75) is 77.1 Å². The molecule has 2 aromatic rings. The standard InChI is InChI=1S/C23H31N5O3S/c1-3-18-12-19-20(32-18)6-11-31-23(19)7-8-26(16(2)13-23)14-17-15-27(25-24-17)9-10-28-21(29)4-5-22(28)30/h12,15-16H,3-11,13-14H2,1-2H3/t16-,23+/m0/s1. The fraction of sp³-hybridized carbons (Fsp3) is 0.652. The summed E-state index contributed by atoms with van der Waals surface area (Å²) in [5, 5.41) is 8.55. The van der Waals surface area contributed by atoms with E-state index in [1.165, 1.54) is 20.2 Å². The topological polar surface area (TPSA) is 80.6 Å². The number of nitrogens with zero attached hydrogens (tertiary/aromatic N) is 5. The number of hydrogen-bond acceptors (Lipinski definition) is 7. The molecule has 2 aromatic heterocycles. The zero-order valence-electron chi connectivity index (χ0n) is 18.9. The van der Waals surface area contributed by atoms with Gasteiger partial charge in [0.05, 0.1) is 24.4 Å². The first-order valence-electron chi connectivity index (χ1n) is 11.7. The number of fused-ring (bicyclic) bond motifs is 2. The second-order valence-corrected chi connectivity index (χ2v) is 10.4. The molecule has 1 spiro atoms. The van der Waals surface area contributed by atoms with Gasteiger partial charge in [0.25, 0.3) is 0 Å². The van der Waals surface area contributed by atoms with E-state index in [1.54, 1.807) is 4.68 Å². The van der Waals surface area contributed by atoms with E-state index in [0.29, 0.717) is 32.0 Å². The van der Waals surface area contributed by atoms with Crippen LogP contribution in [0.3, 0.4) is 0 Å². The maximum Gasteiger partial charge on any atom is 0.229 e. The predicted octanol–water partition coefficient (Wildman–Crippen LogP) is 2.50. The minimum Gasteiger partial charge on any atom is -0.370 e. The zero-order chi connectivity index (χ0) is 22.3. The second-order valence-electron chi connectivity index (χ2n) is 9.18. The lowest BCUT2D eigenvalue weighted by atomic mass is 9.79. The molecule has 0 N–H and O–H groups in total. The number of aryl methyl sites for hydroxylation is 1. The molecule has 0 aliphatic carbocycles. The number of amides is 2. The van der Waals surface area contributed by atoms with Gasteiger partial charge >= 0.3 is 0 Å². The van der Waals surface area contributed by atoms with Crippen LogP contribution in [-0.2, 0) is 45.9 Å². The van der Waals surface area contributed by atoms with E-state index in [2.05, 4.69) is 35.1 Å². The van der Waals surface area contributed by atoms with Crippen molar-refractivity contribution < 1.29 is 14.3 Å². The molecule has 3 aliphatic heterocycles. The molecule has 172 valence electrons. The fourth-order valence-corrected chi connectivity index (χ4v) is 6.49. The SMILES string of the molecule is CCc1cc2c(s1)CCO[C@@]21CCN(Cc2cn(CCN3C(=O)CCC3=O)nn2)[C@@H](C)C1. The normalized spacial score (nSPS) is 26.3. The van der Waals surface area contributed by atoms with Crippen LogP contribution < -0.4 is 0 Å². The fourth-order valence-electron chi connectivity index (χ4n) is 5.31. The number of rotatable bonds is 6. The first-order chi connectivity index (χ1) is 15.5. The van der Waals surface area contributed by atoms with Crippen LogP contribution in [0.1, 0.15) is 60.5 Å². The summed E-state index contributed by atoms with van der Waals surface area (Å²) in [4.78, 5) is 30.3. The number of thiophene rings is 1. The van der Waals surface area contributed by atoms with Crippen molar-refractivity contribution in [1.82, 2.24) is 24.8 Å². The van der Waals surface area contributed by atoms with Gasteiger partial charge in [-0.1, -0.05) is 12.1 Å². The highest BCUT2D eigenvalue weighted by molar-refractivity contribution is 7.12. The molecule has 2 amide bonds. The first-order valence-corrected chi connectivity index (χ1v) is 12.5. The maximum absolute atomic E-state index is 11.8. The Morgan fingerprint density at radius 3 is 2.78 bits per heavy atom. The molecule has 3 aliphatic rings. The summed E-state index contributed by atoms with van der Waals surface area (Å²) in [6.07, 6.45) is 6.70. The monoisotopic (exact) mass is 457 g/mol. The highest BCUT2D eigenvalue weighted by Crippen LogP contribution is 2.46. The van der Waals surface area contributed by atoms with Crippen molar-refractivity contribution >= 4 is 23.2 Å². The number of piperidine rings is 1. The Labute approximate surface area is 192 Å². The first kappa shape index (κ1) is 21.7. The molecule has 8 nitrogen and oxygen atoms in total. The summed E-state index contributed by atoms with van der Waals surface area (Å²) in [5.41, 5.74) is 2.22. The molecule has 0 unspecified atom stereocenters. The van der Waals surface area contributed by atoms with Crippen molar-refractivity contribution in [1.29, 1.82) is 0 Å². The molecule has 2 atom stereocenters. The van der Waals surface area contributed by atoms with E-state index in [0.717, 1.165) is 51.1 Å². The van der Waals surface area contributed by atoms with Crippen molar-refractivity contribution in [2.24, 2.45) is 0 Å². The molecule has 0 saturated carbocycles. The number of aromatic nitrogens is 3. The third kappa shape index (κ3) is 4.02. The molecule has 5 heterocycles. The molecule has 2 fully saturated rings. The third-order valence-electron chi connectivity index (χ3n) is 7.12. The molecule has 5 rings (SSSR count). The third-order valence-corrected chi connectivity index (χ3v) is 8.46. The van der Waals surface area contributed by atoms with Crippen LogP contribution in [0.25, 0.3) is 0 Å². The number of carbonyl (C=O) groups excluding carboxylic acids is 2. The van der Waals surface area contributed by atoms with Gasteiger partial charge in [-0.3, -0.25) is 24.1 Å². The summed E-state index contributed by atoms with van der Waals surface area (Å²) in [7, 11) is 0. The van der Waals surface area contributed by atoms with Crippen LogP contribution in [-0.4, -0.2) is 62.3 Å². The van der Waals surface area contributed by atoms with E-state index in [9.17, 15) is 9.59 Å². The maximum atomic E-state index is 11.8. The molecule has 32 heavy (non-hydrogen) atoms. The van der Waals surface area contributed by atoms with Crippen LogP contribution in [0.4, 0.5) is 0 Å². The van der Waals surface area contributed by atoms with Crippen molar-refractivity contribution in [3.05, 3.63) is 33.3 Å². The number of ether oxygens (including phenoxy) is 1. The van der Waals surface area contributed by atoms with Gasteiger partial charge in [0, 0.05) is 60.9 Å². The highest BCUT2D eigenvalue weighted by Gasteiger charge is 2.44. The molecule has 0 radical (unpaired) electrons. The van der Waals surface area contributed by atoms with Gasteiger partial charge in [-0.05, 0) is 37.8 Å². The number of hydrogen-bond donors (Lipinski definition) is 0. The van der Waals surface area contributed by atoms with E-state index < -0.39 is 0 Å². The van der Waals surface area contributed by atoms with Crippen LogP contribution in [0.2, 0.25) is 0 Å². The Morgan fingerprint density at radius 2 is 2.03 bits per heavy atom. The van der Waals surface area contributed by atoms with E-state index >= 15 is 0 Å². The number of imide groups is 1. The predicted molar refractivity (Wildman–Crippen MR) is 120 cm³/mol. The summed E-state index contributed by atoms with van der Waals surface area (Å²) < 4.78 is 8.18. The van der Waals surface area contributed by atoms with Crippen LogP contribution in [0, 0.1) is 0 Å². The Morgan fingerprint density at radius 1 is 1.22 bits per heavy atom. The van der Waals surface area contributed by atoms with E-state index in [1.807, 2.05) is 17.5 Å². The quantitative estimate of drug-likeness (QED) is 0.620. The average molecular weight is 458 g/mol. The number of likely N-dealkylation sites (tertiary alicyclic amines) is 2. The van der Waals surface area contributed by atoms with Crippen LogP contribution in [0.15, 0.2) is 12.3 Å². The van der Waals surface area contributed by atoms with Crippen LogP contribution in [0.5, 0.6) is 0 Å². The van der Waals surface area contributed by atoms with Gasteiger partial charge < -0.3 is 4.74 Å². The zero-order valence-corrected chi connectivity index (χ0v) is 19.7. The summed E-state index contributed by atoms with van der Waals surface area (Å²) >= 11 is 1.96. The van der Waals surface area contributed by atoms with Gasteiger partial charge in [0.2, 0.25) is 11.8 Å². The molecule has 9 heteroatoms. The van der Waals surface area contributed by atoms with Crippen molar-refractivity contribution in [2.75, 3.05) is 19.7 Å². The molecular formula is C23H31N5O3S. The lowest BCUT2D eigenvalue weighted by Gasteiger charge is -2.47. The Hall–Kier alpha value is -2.10. The van der Waals surface area contributed by atoms with Gasteiger partial charge in [-0.25, -0.2) is 0 Å². The minimum absolute atomic E-state index is 0.0869. The lowest BCUT2D eigenvalue weighted by Crippen LogP contribution is -2.50.